The molecule has 15 heavy (non-hydrogen) atoms. The van der Waals surface area contributed by atoms with Crippen molar-refractivity contribution in [3.63, 3.8) is 0 Å². The molecular formula is C13H18N2. The molecule has 1 N–H and O–H groups in total. The number of benzene rings is 1. The summed E-state index contributed by atoms with van der Waals surface area (Å²) in [5.41, 5.74) is 2.59. The summed E-state index contributed by atoms with van der Waals surface area (Å²) >= 11 is 0. The maximum Gasteiger partial charge on any atom is 0.0622 e. The van der Waals surface area contributed by atoms with Crippen molar-refractivity contribution < 1.29 is 0 Å². The van der Waals surface area contributed by atoms with E-state index in [1.807, 2.05) is 0 Å². The van der Waals surface area contributed by atoms with Crippen molar-refractivity contribution >= 4 is 0 Å². The third-order valence-corrected chi connectivity index (χ3v) is 2.49. The van der Waals surface area contributed by atoms with Gasteiger partial charge in [-0.15, -0.1) is 0 Å². The van der Waals surface area contributed by atoms with E-state index in [1.54, 1.807) is 0 Å². The van der Waals surface area contributed by atoms with Crippen molar-refractivity contribution in [2.75, 3.05) is 6.54 Å². The molecule has 1 unspecified atom stereocenters. The molecular weight excluding hydrogens is 184 g/mol. The van der Waals surface area contributed by atoms with E-state index < -0.39 is 0 Å². The number of unbranched alkanes of at least 4 members (excludes halogenated alkanes) is 1. The summed E-state index contributed by atoms with van der Waals surface area (Å²) in [4.78, 5) is 0. The lowest BCUT2D eigenvalue weighted by Gasteiger charge is -2.13. The maximum absolute atomic E-state index is 8.40. The first-order valence-corrected chi connectivity index (χ1v) is 5.41. The van der Waals surface area contributed by atoms with Gasteiger partial charge in [-0.2, -0.15) is 5.26 Å². The Morgan fingerprint density at radius 2 is 2.00 bits per heavy atom. The van der Waals surface area contributed by atoms with Gasteiger partial charge in [0.1, 0.15) is 0 Å². The largest absolute Gasteiger partial charge is 0.310 e. The molecule has 0 radical (unpaired) electrons. The van der Waals surface area contributed by atoms with Gasteiger partial charge in [0.05, 0.1) is 6.07 Å². The van der Waals surface area contributed by atoms with Crippen LogP contribution in [0.1, 0.15) is 36.9 Å². The van der Waals surface area contributed by atoms with E-state index in [4.69, 9.17) is 5.26 Å². The predicted octanol–water partition coefficient (Wildman–Crippen LogP) is 2.95. The lowest BCUT2D eigenvalue weighted by atomic mass is 10.1. The summed E-state index contributed by atoms with van der Waals surface area (Å²) in [7, 11) is 0. The van der Waals surface area contributed by atoms with Crippen LogP contribution in [0.2, 0.25) is 0 Å². The molecule has 1 aromatic carbocycles. The fourth-order valence-corrected chi connectivity index (χ4v) is 1.46. The molecule has 0 fully saturated rings. The zero-order valence-corrected chi connectivity index (χ0v) is 9.46. The average Bonchev–Trinajstić information content (AvgIpc) is 2.25. The zero-order valence-electron chi connectivity index (χ0n) is 9.46. The normalized spacial score (nSPS) is 12.1. The number of rotatable bonds is 5. The van der Waals surface area contributed by atoms with Crippen LogP contribution in [-0.2, 0) is 0 Å². The van der Waals surface area contributed by atoms with Crippen molar-refractivity contribution in [2.24, 2.45) is 0 Å². The Morgan fingerprint density at radius 3 is 2.60 bits per heavy atom. The molecule has 0 spiro atoms. The predicted molar refractivity (Wildman–Crippen MR) is 62.4 cm³/mol. The lowest BCUT2D eigenvalue weighted by Crippen LogP contribution is -2.19. The molecule has 0 saturated heterocycles. The first-order chi connectivity index (χ1) is 7.24. The minimum Gasteiger partial charge on any atom is -0.310 e. The van der Waals surface area contributed by atoms with Gasteiger partial charge in [-0.25, -0.2) is 0 Å². The smallest absolute Gasteiger partial charge is 0.0622 e. The fourth-order valence-electron chi connectivity index (χ4n) is 1.46. The molecule has 0 aliphatic carbocycles. The van der Waals surface area contributed by atoms with Crippen LogP contribution < -0.4 is 5.32 Å². The summed E-state index contributed by atoms with van der Waals surface area (Å²) in [6.45, 7) is 5.15. The summed E-state index contributed by atoms with van der Waals surface area (Å²) < 4.78 is 0. The Hall–Kier alpha value is -1.33. The van der Waals surface area contributed by atoms with Crippen molar-refractivity contribution in [3.8, 4) is 6.07 Å². The third kappa shape index (κ3) is 4.14. The molecule has 0 heterocycles. The van der Waals surface area contributed by atoms with Crippen molar-refractivity contribution in [1.29, 1.82) is 5.26 Å². The Kier molecular flexibility index (Phi) is 4.86. The van der Waals surface area contributed by atoms with Crippen LogP contribution in [0.3, 0.4) is 0 Å². The van der Waals surface area contributed by atoms with Gasteiger partial charge < -0.3 is 5.32 Å². The fraction of sp³-hybridized carbons (Fsp3) is 0.462. The van der Waals surface area contributed by atoms with E-state index in [0.717, 1.165) is 13.0 Å². The number of aryl methyl sites for hydroxylation is 1. The lowest BCUT2D eigenvalue weighted by molar-refractivity contribution is 0.562. The van der Waals surface area contributed by atoms with Gasteiger partial charge in [0.2, 0.25) is 0 Å². The first-order valence-electron chi connectivity index (χ1n) is 5.41. The SMILES string of the molecule is Cc1ccc(C(C)NCCCC#N)cc1. The molecule has 0 bridgehead atoms. The van der Waals surface area contributed by atoms with Gasteiger partial charge in [-0.1, -0.05) is 29.8 Å². The van der Waals surface area contributed by atoms with Gasteiger partial charge in [0, 0.05) is 12.5 Å². The van der Waals surface area contributed by atoms with Crippen LogP contribution in [0.15, 0.2) is 24.3 Å². The van der Waals surface area contributed by atoms with E-state index in [1.165, 1.54) is 11.1 Å². The number of nitriles is 1. The van der Waals surface area contributed by atoms with Gasteiger partial charge in [-0.05, 0) is 32.4 Å². The van der Waals surface area contributed by atoms with Crippen LogP contribution in [0.5, 0.6) is 0 Å². The molecule has 1 atom stereocenters. The Labute approximate surface area is 91.9 Å². The monoisotopic (exact) mass is 202 g/mol. The Balaban J connectivity index is 2.37. The van der Waals surface area contributed by atoms with E-state index in [2.05, 4.69) is 49.5 Å². The van der Waals surface area contributed by atoms with Crippen LogP contribution in [0.4, 0.5) is 0 Å². The molecule has 0 amide bonds. The molecule has 1 aromatic rings. The van der Waals surface area contributed by atoms with E-state index in [9.17, 15) is 0 Å². The van der Waals surface area contributed by atoms with Crippen LogP contribution in [0.25, 0.3) is 0 Å². The number of nitrogens with one attached hydrogen (secondary N) is 1. The Bertz CT molecular complexity index is 321. The van der Waals surface area contributed by atoms with Crippen molar-refractivity contribution in [1.82, 2.24) is 5.32 Å². The zero-order chi connectivity index (χ0) is 11.1. The molecule has 0 aliphatic heterocycles. The standard InChI is InChI=1S/C13H18N2/c1-11-5-7-13(8-6-11)12(2)15-10-4-3-9-14/h5-8,12,15H,3-4,10H2,1-2H3. The van der Waals surface area contributed by atoms with Gasteiger partial charge in [0.15, 0.2) is 0 Å². The average molecular weight is 202 g/mol. The highest BCUT2D eigenvalue weighted by Gasteiger charge is 2.02. The highest BCUT2D eigenvalue weighted by atomic mass is 14.9. The minimum absolute atomic E-state index is 0.365. The first kappa shape index (κ1) is 11.7. The second-order valence-corrected chi connectivity index (χ2v) is 3.85. The molecule has 2 heteroatoms. The highest BCUT2D eigenvalue weighted by Crippen LogP contribution is 2.12. The summed E-state index contributed by atoms with van der Waals surface area (Å²) in [6.07, 6.45) is 1.56. The second kappa shape index (κ2) is 6.21. The van der Waals surface area contributed by atoms with Gasteiger partial charge in [-0.3, -0.25) is 0 Å². The molecule has 2 nitrogen and oxygen atoms in total. The number of hydrogen-bond acceptors (Lipinski definition) is 2. The molecule has 80 valence electrons. The van der Waals surface area contributed by atoms with Crippen molar-refractivity contribution in [3.05, 3.63) is 35.4 Å². The van der Waals surface area contributed by atoms with E-state index in [0.29, 0.717) is 12.5 Å². The summed E-state index contributed by atoms with van der Waals surface area (Å²) in [5, 5.41) is 11.8. The van der Waals surface area contributed by atoms with Crippen molar-refractivity contribution in [2.45, 2.75) is 32.7 Å². The topological polar surface area (TPSA) is 35.8 Å². The van der Waals surface area contributed by atoms with E-state index in [-0.39, 0.29) is 0 Å². The quantitative estimate of drug-likeness (QED) is 0.745. The Morgan fingerprint density at radius 1 is 1.33 bits per heavy atom. The molecule has 1 rings (SSSR count). The minimum atomic E-state index is 0.365. The molecule has 0 aromatic heterocycles. The number of nitrogens with zero attached hydrogens (tertiary/aromatic N) is 1. The van der Waals surface area contributed by atoms with E-state index >= 15 is 0 Å². The maximum atomic E-state index is 8.40. The highest BCUT2D eigenvalue weighted by molar-refractivity contribution is 5.23. The number of hydrogen-bond donors (Lipinski definition) is 1. The van der Waals surface area contributed by atoms with Crippen LogP contribution in [0, 0.1) is 18.3 Å². The van der Waals surface area contributed by atoms with Gasteiger partial charge in [0.25, 0.3) is 0 Å². The molecule has 0 aliphatic rings. The van der Waals surface area contributed by atoms with Gasteiger partial charge >= 0.3 is 0 Å². The summed E-state index contributed by atoms with van der Waals surface area (Å²) in [6, 6.07) is 11.1. The van der Waals surface area contributed by atoms with Crippen LogP contribution >= 0.6 is 0 Å². The third-order valence-electron chi connectivity index (χ3n) is 2.49. The molecule has 0 saturated carbocycles. The summed E-state index contributed by atoms with van der Waals surface area (Å²) in [5.74, 6) is 0. The van der Waals surface area contributed by atoms with Crippen LogP contribution in [-0.4, -0.2) is 6.54 Å². The second-order valence-electron chi connectivity index (χ2n) is 3.85.